The van der Waals surface area contributed by atoms with Crippen molar-refractivity contribution in [3.8, 4) is 0 Å². The predicted octanol–water partition coefficient (Wildman–Crippen LogP) is 3.92. The van der Waals surface area contributed by atoms with E-state index in [2.05, 4.69) is 68.6 Å². The summed E-state index contributed by atoms with van der Waals surface area (Å²) < 4.78 is 5.55. The maximum Gasteiger partial charge on any atom is 0.0594 e. The Labute approximate surface area is 115 Å². The van der Waals surface area contributed by atoms with Gasteiger partial charge in [-0.3, -0.25) is 0 Å². The number of benzene rings is 2. The zero-order valence-electron chi connectivity index (χ0n) is 12.0. The summed E-state index contributed by atoms with van der Waals surface area (Å²) in [5, 5.41) is 6.15. The second-order valence-corrected chi connectivity index (χ2v) is 5.16. The van der Waals surface area contributed by atoms with Crippen molar-refractivity contribution in [1.82, 2.24) is 5.32 Å². The Kier molecular flexibility index (Phi) is 4.94. The molecular formula is C17H23NO. The van der Waals surface area contributed by atoms with Crippen LogP contribution in [0, 0.1) is 0 Å². The molecule has 1 N–H and O–H groups in total. The van der Waals surface area contributed by atoms with Crippen LogP contribution < -0.4 is 5.32 Å². The van der Waals surface area contributed by atoms with Gasteiger partial charge in [-0.2, -0.15) is 0 Å². The van der Waals surface area contributed by atoms with Crippen molar-refractivity contribution in [1.29, 1.82) is 0 Å². The van der Waals surface area contributed by atoms with E-state index in [9.17, 15) is 0 Å². The third-order valence-electron chi connectivity index (χ3n) is 3.29. The number of hydrogen-bond acceptors (Lipinski definition) is 2. The molecule has 0 aromatic heterocycles. The Morgan fingerprint density at radius 3 is 2.53 bits per heavy atom. The van der Waals surface area contributed by atoms with Crippen molar-refractivity contribution >= 4 is 10.8 Å². The van der Waals surface area contributed by atoms with Crippen LogP contribution in [0.4, 0.5) is 0 Å². The van der Waals surface area contributed by atoms with Crippen LogP contribution in [0.25, 0.3) is 10.8 Å². The van der Waals surface area contributed by atoms with Gasteiger partial charge in [0.15, 0.2) is 0 Å². The van der Waals surface area contributed by atoms with Gasteiger partial charge in [0, 0.05) is 12.6 Å². The standard InChI is InChI=1S/C17H23NO/c1-13(2)19-12-11-18-14(3)16-10-6-8-15-7-4-5-9-17(15)16/h4-10,13-14,18H,11-12H2,1-3H3. The summed E-state index contributed by atoms with van der Waals surface area (Å²) in [5.74, 6) is 0. The molecular weight excluding hydrogens is 234 g/mol. The van der Waals surface area contributed by atoms with Gasteiger partial charge < -0.3 is 10.1 Å². The number of nitrogens with one attached hydrogen (secondary N) is 1. The van der Waals surface area contributed by atoms with Crippen LogP contribution in [-0.2, 0) is 4.74 Å². The molecule has 0 bridgehead atoms. The molecule has 2 rings (SSSR count). The summed E-state index contributed by atoms with van der Waals surface area (Å²) >= 11 is 0. The van der Waals surface area contributed by atoms with Gasteiger partial charge in [-0.05, 0) is 37.1 Å². The lowest BCUT2D eigenvalue weighted by atomic mass is 10.00. The lowest BCUT2D eigenvalue weighted by molar-refractivity contribution is 0.0796. The van der Waals surface area contributed by atoms with E-state index in [1.54, 1.807) is 0 Å². The first kappa shape index (κ1) is 14.0. The highest BCUT2D eigenvalue weighted by Gasteiger charge is 2.08. The van der Waals surface area contributed by atoms with E-state index in [0.717, 1.165) is 13.2 Å². The fraction of sp³-hybridized carbons (Fsp3) is 0.412. The first-order valence-electron chi connectivity index (χ1n) is 7.01. The number of hydrogen-bond donors (Lipinski definition) is 1. The van der Waals surface area contributed by atoms with Gasteiger partial charge in [0.05, 0.1) is 12.7 Å². The molecule has 19 heavy (non-hydrogen) atoms. The third kappa shape index (κ3) is 3.79. The van der Waals surface area contributed by atoms with Crippen LogP contribution in [-0.4, -0.2) is 19.3 Å². The average molecular weight is 257 g/mol. The van der Waals surface area contributed by atoms with Crippen LogP contribution in [0.1, 0.15) is 32.4 Å². The molecule has 0 heterocycles. The van der Waals surface area contributed by atoms with Crippen LogP contribution in [0.5, 0.6) is 0 Å². The second kappa shape index (κ2) is 6.69. The van der Waals surface area contributed by atoms with Gasteiger partial charge in [-0.25, -0.2) is 0 Å². The van der Waals surface area contributed by atoms with Crippen molar-refractivity contribution in [2.45, 2.75) is 32.9 Å². The molecule has 0 aliphatic rings. The Bertz CT molecular complexity index is 516. The summed E-state index contributed by atoms with van der Waals surface area (Å²) in [5.41, 5.74) is 1.35. The lowest BCUT2D eigenvalue weighted by Gasteiger charge is -2.17. The Hall–Kier alpha value is -1.38. The Balaban J connectivity index is 2.03. The number of fused-ring (bicyclic) bond motifs is 1. The molecule has 2 aromatic rings. The quantitative estimate of drug-likeness (QED) is 0.792. The van der Waals surface area contributed by atoms with Gasteiger partial charge in [0.2, 0.25) is 0 Å². The van der Waals surface area contributed by atoms with Gasteiger partial charge in [0.1, 0.15) is 0 Å². The van der Waals surface area contributed by atoms with E-state index >= 15 is 0 Å². The van der Waals surface area contributed by atoms with E-state index in [4.69, 9.17) is 4.74 Å². The van der Waals surface area contributed by atoms with Gasteiger partial charge in [-0.1, -0.05) is 42.5 Å². The second-order valence-electron chi connectivity index (χ2n) is 5.16. The molecule has 0 aliphatic carbocycles. The van der Waals surface area contributed by atoms with Crippen LogP contribution in [0.15, 0.2) is 42.5 Å². The molecule has 1 atom stereocenters. The minimum absolute atomic E-state index is 0.301. The van der Waals surface area contributed by atoms with Crippen molar-refractivity contribution in [2.24, 2.45) is 0 Å². The molecule has 0 fully saturated rings. The first-order chi connectivity index (χ1) is 9.18. The van der Waals surface area contributed by atoms with Crippen molar-refractivity contribution < 1.29 is 4.74 Å². The normalized spacial score (nSPS) is 13.1. The highest BCUT2D eigenvalue weighted by Crippen LogP contribution is 2.23. The lowest BCUT2D eigenvalue weighted by Crippen LogP contribution is -2.24. The monoisotopic (exact) mass is 257 g/mol. The van der Waals surface area contributed by atoms with Crippen molar-refractivity contribution in [2.75, 3.05) is 13.2 Å². The molecule has 0 saturated carbocycles. The Morgan fingerprint density at radius 1 is 1.00 bits per heavy atom. The molecule has 2 aromatic carbocycles. The molecule has 0 spiro atoms. The van der Waals surface area contributed by atoms with E-state index in [0.29, 0.717) is 12.1 Å². The predicted molar refractivity (Wildman–Crippen MR) is 81.5 cm³/mol. The summed E-state index contributed by atoms with van der Waals surface area (Å²) in [6.45, 7) is 7.97. The van der Waals surface area contributed by atoms with Crippen LogP contribution in [0.3, 0.4) is 0 Å². The zero-order valence-corrected chi connectivity index (χ0v) is 12.0. The Morgan fingerprint density at radius 2 is 1.74 bits per heavy atom. The number of rotatable bonds is 6. The van der Waals surface area contributed by atoms with E-state index in [-0.39, 0.29) is 0 Å². The smallest absolute Gasteiger partial charge is 0.0594 e. The molecule has 0 aliphatic heterocycles. The molecule has 0 radical (unpaired) electrons. The van der Waals surface area contributed by atoms with Gasteiger partial charge >= 0.3 is 0 Å². The first-order valence-corrected chi connectivity index (χ1v) is 7.01. The summed E-state index contributed by atoms with van der Waals surface area (Å²) in [6.07, 6.45) is 0.301. The van der Waals surface area contributed by atoms with Gasteiger partial charge in [0.25, 0.3) is 0 Å². The van der Waals surface area contributed by atoms with Crippen LogP contribution >= 0.6 is 0 Å². The topological polar surface area (TPSA) is 21.3 Å². The maximum atomic E-state index is 5.55. The number of ether oxygens (including phenoxy) is 1. The van der Waals surface area contributed by atoms with Gasteiger partial charge in [-0.15, -0.1) is 0 Å². The summed E-state index contributed by atoms with van der Waals surface area (Å²) in [4.78, 5) is 0. The van der Waals surface area contributed by atoms with Crippen molar-refractivity contribution in [3.63, 3.8) is 0 Å². The summed E-state index contributed by atoms with van der Waals surface area (Å²) in [6, 6.07) is 15.3. The molecule has 102 valence electrons. The molecule has 2 heteroatoms. The zero-order chi connectivity index (χ0) is 13.7. The highest BCUT2D eigenvalue weighted by atomic mass is 16.5. The molecule has 0 amide bonds. The van der Waals surface area contributed by atoms with E-state index < -0.39 is 0 Å². The highest BCUT2D eigenvalue weighted by molar-refractivity contribution is 5.86. The van der Waals surface area contributed by atoms with E-state index in [1.165, 1.54) is 16.3 Å². The summed E-state index contributed by atoms with van der Waals surface area (Å²) in [7, 11) is 0. The minimum atomic E-state index is 0.301. The fourth-order valence-corrected chi connectivity index (χ4v) is 2.31. The largest absolute Gasteiger partial charge is 0.377 e. The third-order valence-corrected chi connectivity index (χ3v) is 3.29. The SMILES string of the molecule is CC(C)OCCNC(C)c1cccc2ccccc12. The maximum absolute atomic E-state index is 5.55. The van der Waals surface area contributed by atoms with E-state index in [1.807, 2.05) is 0 Å². The van der Waals surface area contributed by atoms with Crippen LogP contribution in [0.2, 0.25) is 0 Å². The van der Waals surface area contributed by atoms with Crippen molar-refractivity contribution in [3.05, 3.63) is 48.0 Å². The molecule has 1 unspecified atom stereocenters. The molecule has 0 saturated heterocycles. The average Bonchev–Trinajstić information content (AvgIpc) is 2.42. The minimum Gasteiger partial charge on any atom is -0.377 e. The molecule has 2 nitrogen and oxygen atoms in total. The fourth-order valence-electron chi connectivity index (χ4n) is 2.31.